The van der Waals surface area contributed by atoms with Gasteiger partial charge in [-0.2, -0.15) is 17.4 Å². The zero-order valence-corrected chi connectivity index (χ0v) is 18.7. The van der Waals surface area contributed by atoms with Crippen molar-refractivity contribution >= 4 is 27.9 Å². The Labute approximate surface area is 177 Å². The molecular weight excluding hydrogens is 408 g/mol. The van der Waals surface area contributed by atoms with E-state index in [2.05, 4.69) is 4.72 Å². The first-order chi connectivity index (χ1) is 13.8. The number of amides is 3. The lowest BCUT2D eigenvalue weighted by Gasteiger charge is -2.32. The maximum Gasteiger partial charge on any atom is 0.279 e. The molecule has 0 unspecified atom stereocenters. The van der Waals surface area contributed by atoms with Crippen LogP contribution in [0.3, 0.4) is 0 Å². The Balaban J connectivity index is 1.71. The lowest BCUT2D eigenvalue weighted by Crippen LogP contribution is -2.49. The van der Waals surface area contributed by atoms with Gasteiger partial charge in [-0.05, 0) is 51.8 Å². The third-order valence-corrected chi connectivity index (χ3v) is 6.98. The average molecular weight is 437 g/mol. The van der Waals surface area contributed by atoms with Crippen molar-refractivity contribution in [3.05, 3.63) is 34.9 Å². The van der Waals surface area contributed by atoms with E-state index in [-0.39, 0.29) is 23.4 Å². The van der Waals surface area contributed by atoms with Crippen molar-refractivity contribution in [2.75, 3.05) is 27.2 Å². The minimum Gasteiger partial charge on any atom is -0.339 e. The van der Waals surface area contributed by atoms with Crippen LogP contribution in [0.25, 0.3) is 0 Å². The molecule has 0 atom stereocenters. The van der Waals surface area contributed by atoms with Crippen LogP contribution in [0.15, 0.2) is 18.2 Å². The van der Waals surface area contributed by atoms with Crippen LogP contribution in [-0.4, -0.2) is 79.0 Å². The van der Waals surface area contributed by atoms with Gasteiger partial charge < -0.3 is 4.90 Å². The van der Waals surface area contributed by atoms with Crippen LogP contribution in [0.1, 0.15) is 64.7 Å². The minimum atomic E-state index is -3.52. The summed E-state index contributed by atoms with van der Waals surface area (Å²) in [5, 5.41) is 0. The molecule has 0 bridgehead atoms. The van der Waals surface area contributed by atoms with Crippen LogP contribution in [0.5, 0.6) is 0 Å². The van der Waals surface area contributed by atoms with E-state index in [1.807, 2.05) is 0 Å². The number of hydrogen-bond acceptors (Lipinski definition) is 5. The van der Waals surface area contributed by atoms with E-state index < -0.39 is 21.7 Å². The number of carbonyl (C=O) groups excluding carboxylic acids is 3. The minimum absolute atomic E-state index is 0.235. The standard InChI is InChI=1S/C20H28N4O5S/c1-20(2,3)24-18(26)15-7-6-13(12-16(15)19(24)27)17(25)23-10-8-14(9-11-23)21-30(28,29)22(4)5/h6-7,12,14,21H,8-11H2,1-5H3. The Kier molecular flexibility index (Phi) is 5.78. The third kappa shape index (κ3) is 4.12. The van der Waals surface area contributed by atoms with E-state index in [1.54, 1.807) is 31.7 Å². The molecular formula is C20H28N4O5S. The summed E-state index contributed by atoms with van der Waals surface area (Å²) in [5.41, 5.74) is 0.245. The van der Waals surface area contributed by atoms with E-state index >= 15 is 0 Å². The van der Waals surface area contributed by atoms with E-state index in [0.717, 1.165) is 4.31 Å². The molecule has 10 heteroatoms. The Morgan fingerprint density at radius 2 is 1.63 bits per heavy atom. The van der Waals surface area contributed by atoms with Crippen LogP contribution in [0.4, 0.5) is 0 Å². The van der Waals surface area contributed by atoms with E-state index in [9.17, 15) is 22.8 Å². The molecule has 3 rings (SSSR count). The summed E-state index contributed by atoms with van der Waals surface area (Å²) < 4.78 is 27.7. The second-order valence-corrected chi connectivity index (χ2v) is 10.8. The SMILES string of the molecule is CN(C)S(=O)(=O)NC1CCN(C(=O)c2ccc3c(c2)C(=O)N(C(C)(C)C)C3=O)CC1. The Morgan fingerprint density at radius 1 is 1.07 bits per heavy atom. The zero-order chi connectivity index (χ0) is 22.4. The molecule has 1 N–H and O–H groups in total. The molecule has 1 saturated heterocycles. The number of nitrogens with one attached hydrogen (secondary N) is 1. The van der Waals surface area contributed by atoms with Crippen molar-refractivity contribution < 1.29 is 22.8 Å². The monoisotopic (exact) mass is 436 g/mol. The first-order valence-electron chi connectivity index (χ1n) is 9.85. The maximum absolute atomic E-state index is 12.9. The molecule has 0 radical (unpaired) electrons. The number of piperidine rings is 1. The van der Waals surface area contributed by atoms with Gasteiger partial charge in [-0.1, -0.05) is 0 Å². The van der Waals surface area contributed by atoms with Crippen molar-refractivity contribution in [1.29, 1.82) is 0 Å². The smallest absolute Gasteiger partial charge is 0.279 e. The lowest BCUT2D eigenvalue weighted by atomic mass is 10.0. The van der Waals surface area contributed by atoms with Gasteiger partial charge in [0, 0.05) is 44.3 Å². The van der Waals surface area contributed by atoms with Gasteiger partial charge in [0.15, 0.2) is 0 Å². The third-order valence-electron chi connectivity index (χ3n) is 5.38. The second kappa shape index (κ2) is 7.75. The van der Waals surface area contributed by atoms with Gasteiger partial charge in [0.2, 0.25) is 0 Å². The molecule has 2 aliphatic rings. The molecule has 2 heterocycles. The number of imide groups is 1. The summed E-state index contributed by atoms with van der Waals surface area (Å²) in [6.45, 7) is 6.16. The summed E-state index contributed by atoms with van der Waals surface area (Å²) in [4.78, 5) is 41.1. The Bertz CT molecular complexity index is 989. The molecule has 30 heavy (non-hydrogen) atoms. The number of nitrogens with zero attached hydrogens (tertiary/aromatic N) is 3. The quantitative estimate of drug-likeness (QED) is 0.711. The molecule has 0 aromatic heterocycles. The Morgan fingerprint density at radius 3 is 2.17 bits per heavy atom. The predicted molar refractivity (Wildman–Crippen MR) is 111 cm³/mol. The highest BCUT2D eigenvalue weighted by atomic mass is 32.2. The van der Waals surface area contributed by atoms with Crippen LogP contribution < -0.4 is 4.72 Å². The fourth-order valence-electron chi connectivity index (χ4n) is 3.68. The lowest BCUT2D eigenvalue weighted by molar-refractivity contribution is 0.0507. The van der Waals surface area contributed by atoms with Gasteiger partial charge in [-0.15, -0.1) is 0 Å². The number of fused-ring (bicyclic) bond motifs is 1. The fraction of sp³-hybridized carbons (Fsp3) is 0.550. The number of carbonyl (C=O) groups is 3. The summed E-state index contributed by atoms with van der Waals surface area (Å²) >= 11 is 0. The molecule has 2 aliphatic heterocycles. The Hall–Kier alpha value is -2.30. The summed E-state index contributed by atoms with van der Waals surface area (Å²) in [5.74, 6) is -0.981. The molecule has 164 valence electrons. The van der Waals surface area contributed by atoms with Gasteiger partial charge in [-0.3, -0.25) is 19.3 Å². The highest BCUT2D eigenvalue weighted by Crippen LogP contribution is 2.30. The highest BCUT2D eigenvalue weighted by Gasteiger charge is 2.42. The second-order valence-electron chi connectivity index (χ2n) is 8.85. The molecule has 9 nitrogen and oxygen atoms in total. The van der Waals surface area contributed by atoms with Crippen molar-refractivity contribution in [2.45, 2.75) is 45.2 Å². The molecule has 0 saturated carbocycles. The largest absolute Gasteiger partial charge is 0.339 e. The van der Waals surface area contributed by atoms with Crippen LogP contribution in [0, 0.1) is 0 Å². The molecule has 1 aromatic rings. The summed E-state index contributed by atoms with van der Waals surface area (Å²) in [6.07, 6.45) is 0.998. The number of likely N-dealkylation sites (tertiary alicyclic amines) is 1. The fourth-order valence-corrected chi connectivity index (χ4v) is 4.55. The van der Waals surface area contributed by atoms with Crippen molar-refractivity contribution in [1.82, 2.24) is 18.8 Å². The van der Waals surface area contributed by atoms with Gasteiger partial charge in [0.25, 0.3) is 27.9 Å². The zero-order valence-electron chi connectivity index (χ0n) is 17.9. The van der Waals surface area contributed by atoms with Crippen molar-refractivity contribution in [2.24, 2.45) is 0 Å². The number of benzene rings is 1. The topological polar surface area (TPSA) is 107 Å². The van der Waals surface area contributed by atoms with Crippen molar-refractivity contribution in [3.63, 3.8) is 0 Å². The predicted octanol–water partition coefficient (Wildman–Crippen LogP) is 1.08. The van der Waals surface area contributed by atoms with Gasteiger partial charge in [0.1, 0.15) is 0 Å². The molecule has 3 amide bonds. The normalized spacial score (nSPS) is 18.3. The van der Waals surface area contributed by atoms with Gasteiger partial charge in [-0.25, -0.2) is 0 Å². The van der Waals surface area contributed by atoms with Gasteiger partial charge in [0.05, 0.1) is 11.1 Å². The first-order valence-corrected chi connectivity index (χ1v) is 11.3. The number of hydrogen-bond donors (Lipinski definition) is 1. The molecule has 0 aliphatic carbocycles. The summed E-state index contributed by atoms with van der Waals surface area (Å²) in [7, 11) is -0.597. The molecule has 1 aromatic carbocycles. The van der Waals surface area contributed by atoms with E-state index in [4.69, 9.17) is 0 Å². The van der Waals surface area contributed by atoms with Crippen LogP contribution >= 0.6 is 0 Å². The van der Waals surface area contributed by atoms with Crippen LogP contribution in [0.2, 0.25) is 0 Å². The average Bonchev–Trinajstić information content (AvgIpc) is 2.91. The maximum atomic E-state index is 12.9. The van der Waals surface area contributed by atoms with Gasteiger partial charge >= 0.3 is 0 Å². The van der Waals surface area contributed by atoms with Crippen molar-refractivity contribution in [3.8, 4) is 0 Å². The highest BCUT2D eigenvalue weighted by molar-refractivity contribution is 7.87. The van der Waals surface area contributed by atoms with E-state index in [0.29, 0.717) is 37.1 Å². The number of rotatable bonds is 4. The molecule has 1 fully saturated rings. The first kappa shape index (κ1) is 22.4. The van der Waals surface area contributed by atoms with Crippen LogP contribution in [-0.2, 0) is 10.2 Å². The van der Waals surface area contributed by atoms with E-state index in [1.165, 1.54) is 31.1 Å². The molecule has 0 spiro atoms. The summed E-state index contributed by atoms with van der Waals surface area (Å²) in [6, 6.07) is 4.36.